The lowest BCUT2D eigenvalue weighted by atomic mass is 10.1. The number of fused-ring (bicyclic) bond motifs is 1. The van der Waals surface area contributed by atoms with Crippen LogP contribution < -0.4 is 20.1 Å². The lowest BCUT2D eigenvalue weighted by Crippen LogP contribution is -2.43. The van der Waals surface area contributed by atoms with Gasteiger partial charge in [-0.3, -0.25) is 0 Å². The zero-order valence-corrected chi connectivity index (χ0v) is 16.1. The summed E-state index contributed by atoms with van der Waals surface area (Å²) in [5.41, 5.74) is 1.07. The van der Waals surface area contributed by atoms with Gasteiger partial charge < -0.3 is 20.1 Å². The predicted octanol–water partition coefficient (Wildman–Crippen LogP) is 3.19. The zero-order valence-electron chi connectivity index (χ0n) is 15.3. The Kier molecular flexibility index (Phi) is 6.34. The second kappa shape index (κ2) is 8.70. The van der Waals surface area contributed by atoms with E-state index < -0.39 is 0 Å². The lowest BCUT2D eigenvalue weighted by Gasteiger charge is -2.24. The maximum absolute atomic E-state index is 5.89. The highest BCUT2D eigenvalue weighted by atomic mass is 32.2. The molecular weight excluding hydrogens is 334 g/mol. The summed E-state index contributed by atoms with van der Waals surface area (Å²) in [6.07, 6.45) is 3.49. The van der Waals surface area contributed by atoms with Gasteiger partial charge in [0.05, 0.1) is 19.8 Å². The number of benzene rings is 1. The average Bonchev–Trinajstić information content (AvgIpc) is 2.90. The number of ether oxygens (including phenoxy) is 2. The van der Waals surface area contributed by atoms with Crippen LogP contribution in [0.4, 0.5) is 0 Å². The number of nitrogens with one attached hydrogen (secondary N) is 2. The highest BCUT2D eigenvalue weighted by molar-refractivity contribution is 8.00. The van der Waals surface area contributed by atoms with Crippen LogP contribution in [0, 0.1) is 0 Å². The van der Waals surface area contributed by atoms with Gasteiger partial charge in [0.1, 0.15) is 0 Å². The van der Waals surface area contributed by atoms with Crippen molar-refractivity contribution in [2.24, 2.45) is 4.99 Å². The molecule has 0 spiro atoms. The third-order valence-electron chi connectivity index (χ3n) is 4.54. The Morgan fingerprint density at radius 2 is 2.12 bits per heavy atom. The molecule has 138 valence electrons. The Hall–Kier alpha value is -1.56. The Labute approximate surface area is 155 Å². The van der Waals surface area contributed by atoms with E-state index in [-0.39, 0.29) is 0 Å². The van der Waals surface area contributed by atoms with Gasteiger partial charge in [-0.25, -0.2) is 4.99 Å². The van der Waals surface area contributed by atoms with E-state index in [1.807, 2.05) is 12.1 Å². The summed E-state index contributed by atoms with van der Waals surface area (Å²) in [5.74, 6) is 3.80. The minimum atomic E-state index is 0.316. The van der Waals surface area contributed by atoms with Crippen molar-refractivity contribution in [3.63, 3.8) is 0 Å². The molecule has 1 aromatic carbocycles. The molecule has 1 unspecified atom stereocenters. The van der Waals surface area contributed by atoms with Crippen molar-refractivity contribution < 1.29 is 9.47 Å². The topological polar surface area (TPSA) is 54.9 Å². The molecule has 25 heavy (non-hydrogen) atoms. The van der Waals surface area contributed by atoms with Gasteiger partial charge in [0.2, 0.25) is 0 Å². The fraction of sp³-hybridized carbons (Fsp3) is 0.632. The highest BCUT2D eigenvalue weighted by Gasteiger charge is 2.29. The Bertz CT molecular complexity index is 600. The predicted molar refractivity (Wildman–Crippen MR) is 105 cm³/mol. The smallest absolute Gasteiger partial charge is 0.191 e. The molecular formula is C19H29N3O2S. The molecule has 1 aromatic rings. The minimum absolute atomic E-state index is 0.316. The van der Waals surface area contributed by atoms with Gasteiger partial charge in [-0.05, 0) is 38.5 Å². The van der Waals surface area contributed by atoms with E-state index in [0.29, 0.717) is 24.5 Å². The second-order valence-corrected chi connectivity index (χ2v) is 8.43. The van der Waals surface area contributed by atoms with Crippen LogP contribution in [0.1, 0.15) is 38.7 Å². The standard InChI is InChI=1S/C19H29N3O2S/c1-3-20-18(22-14-19(2)9-5-12-25-19)21-13-15-7-4-8-16-17(15)24-11-6-10-23-16/h4,7-8H,3,5-6,9-14H2,1-2H3,(H2,20,21,22). The molecule has 0 radical (unpaired) electrons. The van der Waals surface area contributed by atoms with Crippen molar-refractivity contribution in [3.05, 3.63) is 23.8 Å². The number of para-hydroxylation sites is 1. The summed E-state index contributed by atoms with van der Waals surface area (Å²) in [6.45, 7) is 8.20. The van der Waals surface area contributed by atoms with Crippen molar-refractivity contribution in [3.8, 4) is 11.5 Å². The Morgan fingerprint density at radius 3 is 2.92 bits per heavy atom. The lowest BCUT2D eigenvalue weighted by molar-refractivity contribution is 0.296. The Morgan fingerprint density at radius 1 is 1.24 bits per heavy atom. The molecule has 1 atom stereocenters. The van der Waals surface area contributed by atoms with Crippen LogP contribution in [0.25, 0.3) is 0 Å². The molecule has 2 N–H and O–H groups in total. The van der Waals surface area contributed by atoms with E-state index in [1.165, 1.54) is 18.6 Å². The van der Waals surface area contributed by atoms with Crippen LogP contribution in [0.3, 0.4) is 0 Å². The molecule has 2 aliphatic heterocycles. The fourth-order valence-corrected chi connectivity index (χ4v) is 4.38. The molecule has 6 heteroatoms. The van der Waals surface area contributed by atoms with E-state index in [2.05, 4.69) is 42.3 Å². The first-order valence-electron chi connectivity index (χ1n) is 9.24. The van der Waals surface area contributed by atoms with Crippen LogP contribution in [-0.4, -0.2) is 42.8 Å². The first-order chi connectivity index (χ1) is 12.2. The van der Waals surface area contributed by atoms with Gasteiger partial charge in [-0.15, -0.1) is 0 Å². The molecule has 0 aromatic heterocycles. The van der Waals surface area contributed by atoms with Crippen molar-refractivity contribution >= 4 is 17.7 Å². The number of nitrogens with zero attached hydrogens (tertiary/aromatic N) is 1. The zero-order chi connectivity index (χ0) is 17.5. The summed E-state index contributed by atoms with van der Waals surface area (Å²) in [4.78, 5) is 4.76. The maximum atomic E-state index is 5.89. The highest BCUT2D eigenvalue weighted by Crippen LogP contribution is 2.37. The van der Waals surface area contributed by atoms with Crippen LogP contribution in [0.15, 0.2) is 23.2 Å². The van der Waals surface area contributed by atoms with Gasteiger partial charge >= 0.3 is 0 Å². The molecule has 0 aliphatic carbocycles. The summed E-state index contributed by atoms with van der Waals surface area (Å²) >= 11 is 2.06. The number of hydrogen-bond donors (Lipinski definition) is 2. The van der Waals surface area contributed by atoms with E-state index in [0.717, 1.165) is 42.5 Å². The molecule has 0 amide bonds. The van der Waals surface area contributed by atoms with Crippen LogP contribution in [0.5, 0.6) is 11.5 Å². The summed E-state index contributed by atoms with van der Waals surface area (Å²) in [5, 5.41) is 6.86. The van der Waals surface area contributed by atoms with Crippen molar-refractivity contribution in [1.82, 2.24) is 10.6 Å². The van der Waals surface area contributed by atoms with Crippen LogP contribution in [0.2, 0.25) is 0 Å². The summed E-state index contributed by atoms with van der Waals surface area (Å²) < 4.78 is 12.0. The number of rotatable bonds is 5. The summed E-state index contributed by atoms with van der Waals surface area (Å²) in [6, 6.07) is 6.04. The second-order valence-electron chi connectivity index (χ2n) is 6.75. The van der Waals surface area contributed by atoms with Crippen molar-refractivity contribution in [2.45, 2.75) is 44.4 Å². The van der Waals surface area contributed by atoms with E-state index >= 15 is 0 Å². The van der Waals surface area contributed by atoms with Gasteiger partial charge in [-0.2, -0.15) is 11.8 Å². The number of thioether (sulfide) groups is 1. The number of hydrogen-bond acceptors (Lipinski definition) is 4. The van der Waals surface area contributed by atoms with E-state index in [4.69, 9.17) is 14.5 Å². The van der Waals surface area contributed by atoms with Gasteiger partial charge in [-0.1, -0.05) is 12.1 Å². The molecule has 1 fully saturated rings. The molecule has 2 aliphatic rings. The van der Waals surface area contributed by atoms with E-state index in [9.17, 15) is 0 Å². The first kappa shape index (κ1) is 18.2. The fourth-order valence-electron chi connectivity index (χ4n) is 3.13. The van der Waals surface area contributed by atoms with Gasteiger partial charge in [0.25, 0.3) is 0 Å². The maximum Gasteiger partial charge on any atom is 0.191 e. The summed E-state index contributed by atoms with van der Waals surface area (Å²) in [7, 11) is 0. The SMILES string of the molecule is CCNC(=NCc1cccc2c1OCCCO2)NCC1(C)CCCS1. The minimum Gasteiger partial charge on any atom is -0.490 e. The largest absolute Gasteiger partial charge is 0.490 e. The van der Waals surface area contributed by atoms with Crippen LogP contribution in [-0.2, 0) is 6.54 Å². The molecule has 2 heterocycles. The third kappa shape index (κ3) is 4.97. The average molecular weight is 364 g/mol. The Balaban J connectivity index is 1.67. The molecule has 5 nitrogen and oxygen atoms in total. The molecule has 1 saturated heterocycles. The normalized spacial score (nSPS) is 23.2. The first-order valence-corrected chi connectivity index (χ1v) is 10.2. The van der Waals surface area contributed by atoms with Crippen molar-refractivity contribution in [1.29, 1.82) is 0 Å². The third-order valence-corrected chi connectivity index (χ3v) is 6.07. The van der Waals surface area contributed by atoms with Gasteiger partial charge in [0.15, 0.2) is 17.5 Å². The molecule has 3 rings (SSSR count). The quantitative estimate of drug-likeness (QED) is 0.622. The van der Waals surface area contributed by atoms with Gasteiger partial charge in [0, 0.05) is 29.8 Å². The van der Waals surface area contributed by atoms with Crippen molar-refractivity contribution in [2.75, 3.05) is 32.1 Å². The van der Waals surface area contributed by atoms with Crippen LogP contribution >= 0.6 is 11.8 Å². The number of aliphatic imine (C=N–C) groups is 1. The monoisotopic (exact) mass is 363 g/mol. The molecule has 0 saturated carbocycles. The van der Waals surface area contributed by atoms with E-state index in [1.54, 1.807) is 0 Å². The number of guanidine groups is 1. The molecule has 0 bridgehead atoms.